The summed E-state index contributed by atoms with van der Waals surface area (Å²) in [5, 5.41) is 3.58. The minimum absolute atomic E-state index is 0.0427. The molecule has 1 rings (SSSR count). The molecule has 0 fully saturated rings. The Labute approximate surface area is 112 Å². The summed E-state index contributed by atoms with van der Waals surface area (Å²) < 4.78 is 0. The number of aryl methyl sites for hydroxylation is 1. The second-order valence-electron chi connectivity index (χ2n) is 4.42. The van der Waals surface area contributed by atoms with Gasteiger partial charge in [0.2, 0.25) is 5.91 Å². The van der Waals surface area contributed by atoms with Gasteiger partial charge in [-0.3, -0.25) is 4.79 Å². The molecule has 0 bridgehead atoms. The van der Waals surface area contributed by atoms with Crippen LogP contribution in [-0.2, 0) is 4.79 Å². The average molecular weight is 272 g/mol. The molecule has 0 saturated heterocycles. The van der Waals surface area contributed by atoms with Crippen molar-refractivity contribution in [2.24, 2.45) is 5.92 Å². The van der Waals surface area contributed by atoms with Gasteiger partial charge in [-0.05, 0) is 42.4 Å². The van der Waals surface area contributed by atoms with E-state index in [1.165, 1.54) is 0 Å². The van der Waals surface area contributed by atoms with Gasteiger partial charge in [0.25, 0.3) is 0 Å². The zero-order valence-corrected chi connectivity index (χ0v) is 12.0. The minimum Gasteiger partial charge on any atom is -0.325 e. The van der Waals surface area contributed by atoms with E-state index in [2.05, 4.69) is 19.2 Å². The van der Waals surface area contributed by atoms with Crippen molar-refractivity contribution in [2.45, 2.75) is 20.8 Å². The molecule has 1 amide bonds. The monoisotopic (exact) mass is 271 g/mol. The number of anilines is 1. The Kier molecular flexibility index (Phi) is 5.86. The maximum atomic E-state index is 11.7. The fourth-order valence-electron chi connectivity index (χ4n) is 1.34. The maximum absolute atomic E-state index is 11.7. The van der Waals surface area contributed by atoms with Crippen LogP contribution >= 0.6 is 23.4 Å². The molecule has 1 N–H and O–H groups in total. The van der Waals surface area contributed by atoms with Gasteiger partial charge in [0.1, 0.15) is 0 Å². The van der Waals surface area contributed by atoms with E-state index in [9.17, 15) is 4.79 Å². The molecule has 17 heavy (non-hydrogen) atoms. The summed E-state index contributed by atoms with van der Waals surface area (Å²) in [6, 6.07) is 5.46. The highest BCUT2D eigenvalue weighted by molar-refractivity contribution is 7.99. The highest BCUT2D eigenvalue weighted by Crippen LogP contribution is 2.19. The van der Waals surface area contributed by atoms with Crippen molar-refractivity contribution in [3.8, 4) is 0 Å². The SMILES string of the molecule is Cc1cc(Cl)ccc1NC(=O)CSCC(C)C. The van der Waals surface area contributed by atoms with E-state index in [0.717, 1.165) is 17.0 Å². The molecule has 0 atom stereocenters. The summed E-state index contributed by atoms with van der Waals surface area (Å²) >= 11 is 7.51. The minimum atomic E-state index is 0.0427. The van der Waals surface area contributed by atoms with Crippen LogP contribution in [0.15, 0.2) is 18.2 Å². The van der Waals surface area contributed by atoms with Crippen molar-refractivity contribution in [3.63, 3.8) is 0 Å². The van der Waals surface area contributed by atoms with Crippen molar-refractivity contribution in [3.05, 3.63) is 28.8 Å². The first-order valence-electron chi connectivity index (χ1n) is 5.62. The summed E-state index contributed by atoms with van der Waals surface area (Å²) in [5.41, 5.74) is 1.82. The van der Waals surface area contributed by atoms with Crippen LogP contribution in [0.3, 0.4) is 0 Å². The molecule has 0 heterocycles. The Bertz CT molecular complexity index is 393. The standard InChI is InChI=1S/C13H18ClNOS/c1-9(2)7-17-8-13(16)15-12-5-4-11(14)6-10(12)3/h4-6,9H,7-8H2,1-3H3,(H,15,16). The van der Waals surface area contributed by atoms with Gasteiger partial charge >= 0.3 is 0 Å². The second kappa shape index (κ2) is 6.92. The molecule has 0 saturated carbocycles. The number of carbonyl (C=O) groups excluding carboxylic acids is 1. The third kappa shape index (κ3) is 5.46. The topological polar surface area (TPSA) is 29.1 Å². The van der Waals surface area contributed by atoms with Crippen molar-refractivity contribution in [1.29, 1.82) is 0 Å². The Balaban J connectivity index is 2.45. The van der Waals surface area contributed by atoms with Crippen molar-refractivity contribution >= 4 is 35.0 Å². The van der Waals surface area contributed by atoms with E-state index in [4.69, 9.17) is 11.6 Å². The number of thioether (sulfide) groups is 1. The van der Waals surface area contributed by atoms with Crippen LogP contribution in [0.4, 0.5) is 5.69 Å². The van der Waals surface area contributed by atoms with Crippen molar-refractivity contribution in [1.82, 2.24) is 0 Å². The van der Waals surface area contributed by atoms with Gasteiger partial charge in [-0.15, -0.1) is 0 Å². The van der Waals surface area contributed by atoms with Crippen LogP contribution in [0.2, 0.25) is 5.02 Å². The number of nitrogens with one attached hydrogen (secondary N) is 1. The maximum Gasteiger partial charge on any atom is 0.234 e. The third-order valence-corrected chi connectivity index (χ3v) is 3.75. The first-order valence-corrected chi connectivity index (χ1v) is 7.16. The molecular formula is C13H18ClNOS. The summed E-state index contributed by atoms with van der Waals surface area (Å²) in [7, 11) is 0. The van der Waals surface area contributed by atoms with Crippen LogP contribution in [0.1, 0.15) is 19.4 Å². The fraction of sp³-hybridized carbons (Fsp3) is 0.462. The van der Waals surface area contributed by atoms with Gasteiger partial charge < -0.3 is 5.32 Å². The molecule has 0 unspecified atom stereocenters. The molecular weight excluding hydrogens is 254 g/mol. The average Bonchev–Trinajstić information content (AvgIpc) is 2.21. The molecule has 1 aromatic carbocycles. The van der Waals surface area contributed by atoms with Crippen LogP contribution in [0.5, 0.6) is 0 Å². The molecule has 1 aromatic rings. The molecule has 0 aliphatic heterocycles. The largest absolute Gasteiger partial charge is 0.325 e. The number of benzene rings is 1. The Hall–Kier alpha value is -0.670. The first kappa shape index (κ1) is 14.4. The van der Waals surface area contributed by atoms with E-state index >= 15 is 0 Å². The van der Waals surface area contributed by atoms with Crippen LogP contribution in [0, 0.1) is 12.8 Å². The zero-order valence-electron chi connectivity index (χ0n) is 10.4. The number of hydrogen-bond acceptors (Lipinski definition) is 2. The number of halogens is 1. The molecule has 0 spiro atoms. The lowest BCUT2D eigenvalue weighted by Gasteiger charge is -2.09. The summed E-state index contributed by atoms with van der Waals surface area (Å²) in [6.07, 6.45) is 0. The van der Waals surface area contributed by atoms with Gasteiger partial charge in [0.05, 0.1) is 5.75 Å². The summed E-state index contributed by atoms with van der Waals surface area (Å²) in [4.78, 5) is 11.7. The zero-order chi connectivity index (χ0) is 12.8. The number of amides is 1. The predicted molar refractivity (Wildman–Crippen MR) is 77.0 cm³/mol. The molecule has 0 radical (unpaired) electrons. The lowest BCUT2D eigenvalue weighted by Crippen LogP contribution is -2.15. The summed E-state index contributed by atoms with van der Waals surface area (Å²) in [6.45, 7) is 6.23. The molecule has 0 aliphatic rings. The van der Waals surface area contributed by atoms with E-state index in [1.807, 2.05) is 19.1 Å². The van der Waals surface area contributed by atoms with Gasteiger partial charge in [-0.25, -0.2) is 0 Å². The van der Waals surface area contributed by atoms with Crippen LogP contribution in [-0.4, -0.2) is 17.4 Å². The Morgan fingerprint density at radius 3 is 2.76 bits per heavy atom. The van der Waals surface area contributed by atoms with E-state index in [0.29, 0.717) is 16.7 Å². The molecule has 4 heteroatoms. The number of carbonyl (C=O) groups is 1. The first-order chi connectivity index (χ1) is 7.99. The Morgan fingerprint density at radius 2 is 2.18 bits per heavy atom. The van der Waals surface area contributed by atoms with Gasteiger partial charge in [0, 0.05) is 10.7 Å². The quantitative estimate of drug-likeness (QED) is 0.878. The normalized spacial score (nSPS) is 10.6. The predicted octanol–water partition coefficient (Wildman–Crippen LogP) is 3.98. The van der Waals surface area contributed by atoms with E-state index in [1.54, 1.807) is 17.8 Å². The van der Waals surface area contributed by atoms with Gasteiger partial charge in [-0.1, -0.05) is 25.4 Å². The van der Waals surface area contributed by atoms with Crippen molar-refractivity contribution < 1.29 is 4.79 Å². The number of rotatable bonds is 5. The number of hydrogen-bond donors (Lipinski definition) is 1. The van der Waals surface area contributed by atoms with E-state index in [-0.39, 0.29) is 5.91 Å². The van der Waals surface area contributed by atoms with E-state index < -0.39 is 0 Å². The molecule has 0 aliphatic carbocycles. The second-order valence-corrected chi connectivity index (χ2v) is 5.88. The van der Waals surface area contributed by atoms with Crippen molar-refractivity contribution in [2.75, 3.05) is 16.8 Å². The molecule has 0 aromatic heterocycles. The lowest BCUT2D eigenvalue weighted by molar-refractivity contribution is -0.113. The lowest BCUT2D eigenvalue weighted by atomic mass is 10.2. The smallest absolute Gasteiger partial charge is 0.234 e. The van der Waals surface area contributed by atoms with Gasteiger partial charge in [0.15, 0.2) is 0 Å². The highest BCUT2D eigenvalue weighted by atomic mass is 35.5. The summed E-state index contributed by atoms with van der Waals surface area (Å²) in [5.74, 6) is 2.17. The fourth-order valence-corrected chi connectivity index (χ4v) is 2.41. The van der Waals surface area contributed by atoms with Gasteiger partial charge in [-0.2, -0.15) is 11.8 Å². The molecule has 94 valence electrons. The van der Waals surface area contributed by atoms with Crippen LogP contribution < -0.4 is 5.32 Å². The Morgan fingerprint density at radius 1 is 1.47 bits per heavy atom. The third-order valence-electron chi connectivity index (χ3n) is 2.15. The highest BCUT2D eigenvalue weighted by Gasteiger charge is 2.05. The molecule has 2 nitrogen and oxygen atoms in total. The van der Waals surface area contributed by atoms with Crippen LogP contribution in [0.25, 0.3) is 0 Å².